The van der Waals surface area contributed by atoms with E-state index in [1.54, 1.807) is 6.92 Å². The third kappa shape index (κ3) is 4.72. The maximum Gasteiger partial charge on any atom is 0.484 e. The predicted octanol–water partition coefficient (Wildman–Crippen LogP) is 5.05. The third-order valence-electron chi connectivity index (χ3n) is 4.22. The summed E-state index contributed by atoms with van der Waals surface area (Å²) in [6, 6.07) is 12.6. The summed E-state index contributed by atoms with van der Waals surface area (Å²) in [5.74, 6) is -1.84. The number of rotatable bonds is 7. The monoisotopic (exact) mass is 472 g/mol. The van der Waals surface area contributed by atoms with Crippen LogP contribution < -0.4 is 8.92 Å². The van der Waals surface area contributed by atoms with Crippen LogP contribution in [0.15, 0.2) is 66.7 Å². The largest absolute Gasteiger partial charge is 0.508 e. The van der Waals surface area contributed by atoms with Crippen molar-refractivity contribution in [2.75, 3.05) is 0 Å². The van der Waals surface area contributed by atoms with E-state index in [0.717, 1.165) is 30.3 Å². The fourth-order valence-electron chi connectivity index (χ4n) is 2.60. The molecule has 0 saturated carbocycles. The Kier molecular flexibility index (Phi) is 5.96. The molecule has 0 aliphatic carbocycles. The number of halogens is 4. The minimum absolute atomic E-state index is 0.259. The van der Waals surface area contributed by atoms with E-state index in [-0.39, 0.29) is 11.5 Å². The third-order valence-corrected chi connectivity index (χ3v) is 5.49. The van der Waals surface area contributed by atoms with Crippen LogP contribution in [0.25, 0.3) is 11.1 Å². The van der Waals surface area contributed by atoms with Gasteiger partial charge in [0, 0.05) is 6.07 Å². The van der Waals surface area contributed by atoms with Crippen molar-refractivity contribution >= 4 is 10.1 Å². The molecule has 0 radical (unpaired) electrons. The molecule has 3 aromatic carbocycles. The molecule has 6 nitrogen and oxygen atoms in total. The molecule has 0 bridgehead atoms. The molecule has 0 fully saturated rings. The average molecular weight is 472 g/mol. The van der Waals surface area contributed by atoms with Crippen molar-refractivity contribution in [2.24, 2.45) is 0 Å². The molecular formula is C21H16F4O6S. The number of aryl methyl sites for hydroxylation is 1. The summed E-state index contributed by atoms with van der Waals surface area (Å²) in [7, 11) is -6.13. The molecule has 0 atom stereocenters. The van der Waals surface area contributed by atoms with Gasteiger partial charge < -0.3 is 19.1 Å². The molecule has 0 amide bonds. The summed E-state index contributed by atoms with van der Waals surface area (Å²) in [5.41, 5.74) is 1.30. The van der Waals surface area contributed by atoms with Gasteiger partial charge in [-0.05, 0) is 54.4 Å². The van der Waals surface area contributed by atoms with Crippen molar-refractivity contribution in [3.05, 3.63) is 72.3 Å². The molecule has 0 aliphatic heterocycles. The zero-order valence-corrected chi connectivity index (χ0v) is 17.1. The van der Waals surface area contributed by atoms with Gasteiger partial charge in [-0.3, -0.25) is 0 Å². The number of hydrogen-bond acceptors (Lipinski definition) is 6. The molecule has 0 unspecified atom stereocenters. The van der Waals surface area contributed by atoms with Gasteiger partial charge in [-0.1, -0.05) is 29.8 Å². The zero-order valence-electron chi connectivity index (χ0n) is 16.3. The van der Waals surface area contributed by atoms with E-state index in [1.807, 2.05) is 0 Å². The SMILES string of the molecule is Cc1ccc(OS(=O)(=O)C(F)(F)C(F)(F)Oc2ccc(-c3cc(O)cc(O)c3)cc2)cc1. The summed E-state index contributed by atoms with van der Waals surface area (Å²) >= 11 is 0. The number of phenols is 2. The molecule has 0 spiro atoms. The summed E-state index contributed by atoms with van der Waals surface area (Å²) < 4.78 is 88.7. The van der Waals surface area contributed by atoms with Crippen LogP contribution in [0.1, 0.15) is 5.56 Å². The first-order chi connectivity index (χ1) is 14.8. The van der Waals surface area contributed by atoms with Gasteiger partial charge in [-0.25, -0.2) is 0 Å². The molecule has 3 rings (SSSR count). The fourth-order valence-corrected chi connectivity index (χ4v) is 3.40. The summed E-state index contributed by atoms with van der Waals surface area (Å²) in [6.45, 7) is 1.64. The normalized spacial score (nSPS) is 12.4. The number of aromatic hydroxyl groups is 2. The number of benzene rings is 3. The van der Waals surface area contributed by atoms with Crippen LogP contribution in [-0.2, 0) is 10.1 Å². The minimum atomic E-state index is -6.13. The van der Waals surface area contributed by atoms with Crippen LogP contribution in [-0.4, -0.2) is 30.0 Å². The second-order valence-corrected chi connectivity index (χ2v) is 8.34. The van der Waals surface area contributed by atoms with Crippen molar-refractivity contribution in [3.8, 4) is 34.1 Å². The van der Waals surface area contributed by atoms with E-state index in [9.17, 15) is 36.2 Å². The Bertz CT molecular complexity index is 1190. The Morgan fingerprint density at radius 1 is 0.750 bits per heavy atom. The highest BCUT2D eigenvalue weighted by Crippen LogP contribution is 2.42. The molecule has 3 aromatic rings. The average Bonchev–Trinajstić information content (AvgIpc) is 2.69. The Morgan fingerprint density at radius 3 is 1.78 bits per heavy atom. The number of alkyl halides is 4. The smallest absolute Gasteiger partial charge is 0.484 e. The van der Waals surface area contributed by atoms with Gasteiger partial charge in [0.25, 0.3) is 0 Å². The molecule has 32 heavy (non-hydrogen) atoms. The summed E-state index contributed by atoms with van der Waals surface area (Å²) in [6.07, 6.45) is -5.47. The molecule has 170 valence electrons. The van der Waals surface area contributed by atoms with E-state index >= 15 is 0 Å². The van der Waals surface area contributed by atoms with E-state index in [0.29, 0.717) is 16.7 Å². The Morgan fingerprint density at radius 2 is 1.25 bits per heavy atom. The first-order valence-corrected chi connectivity index (χ1v) is 10.3. The van der Waals surface area contributed by atoms with Crippen molar-refractivity contribution in [3.63, 3.8) is 0 Å². The van der Waals surface area contributed by atoms with Gasteiger partial charge >= 0.3 is 21.5 Å². The quantitative estimate of drug-likeness (QED) is 0.370. The Balaban J connectivity index is 1.81. The lowest BCUT2D eigenvalue weighted by molar-refractivity contribution is -0.274. The summed E-state index contributed by atoms with van der Waals surface area (Å²) in [4.78, 5) is 0. The van der Waals surface area contributed by atoms with Crippen molar-refractivity contribution in [2.45, 2.75) is 18.3 Å². The lowest BCUT2D eigenvalue weighted by Crippen LogP contribution is -2.52. The first-order valence-electron chi connectivity index (χ1n) is 8.89. The van der Waals surface area contributed by atoms with E-state index in [1.165, 1.54) is 36.4 Å². The highest BCUT2D eigenvalue weighted by atomic mass is 32.2. The van der Waals surface area contributed by atoms with Crippen LogP contribution in [0.5, 0.6) is 23.0 Å². The number of phenolic OH excluding ortho intramolecular Hbond substituents is 2. The second-order valence-electron chi connectivity index (χ2n) is 6.75. The maximum atomic E-state index is 14.2. The molecule has 2 N–H and O–H groups in total. The standard InChI is InChI=1S/C21H16F4O6S/c1-13-2-6-19(7-3-13)31-32(28,29)21(24,25)20(22,23)30-18-8-4-14(5-9-18)15-10-16(26)12-17(27)11-15/h2-12,26-27H,1H3. The van der Waals surface area contributed by atoms with Gasteiger partial charge in [-0.2, -0.15) is 26.0 Å². The summed E-state index contributed by atoms with van der Waals surface area (Å²) in [5, 5.41) is 13.3. The molecule has 0 heterocycles. The minimum Gasteiger partial charge on any atom is -0.508 e. The van der Waals surface area contributed by atoms with E-state index < -0.39 is 33.0 Å². The van der Waals surface area contributed by atoms with Crippen molar-refractivity contribution in [1.82, 2.24) is 0 Å². The van der Waals surface area contributed by atoms with E-state index in [2.05, 4.69) is 8.92 Å². The lowest BCUT2D eigenvalue weighted by atomic mass is 10.1. The van der Waals surface area contributed by atoms with Gasteiger partial charge in [0.1, 0.15) is 23.0 Å². The molecule has 11 heteroatoms. The number of hydrogen-bond donors (Lipinski definition) is 2. The van der Waals surface area contributed by atoms with Crippen LogP contribution in [0.3, 0.4) is 0 Å². The van der Waals surface area contributed by atoms with Crippen molar-refractivity contribution < 1.29 is 45.1 Å². The molecule has 0 saturated heterocycles. The van der Waals surface area contributed by atoms with Crippen LogP contribution in [0.2, 0.25) is 0 Å². The highest BCUT2D eigenvalue weighted by Gasteiger charge is 2.70. The van der Waals surface area contributed by atoms with Gasteiger partial charge in [-0.15, -0.1) is 0 Å². The second kappa shape index (κ2) is 8.23. The van der Waals surface area contributed by atoms with Crippen molar-refractivity contribution in [1.29, 1.82) is 0 Å². The van der Waals surface area contributed by atoms with Gasteiger partial charge in [0.15, 0.2) is 0 Å². The highest BCUT2D eigenvalue weighted by molar-refractivity contribution is 7.88. The molecular weight excluding hydrogens is 456 g/mol. The first kappa shape index (κ1) is 23.2. The van der Waals surface area contributed by atoms with E-state index in [4.69, 9.17) is 0 Å². The molecule has 0 aliphatic rings. The van der Waals surface area contributed by atoms with Gasteiger partial charge in [0.2, 0.25) is 0 Å². The Labute approximate surface area is 180 Å². The number of ether oxygens (including phenoxy) is 1. The zero-order chi connectivity index (χ0) is 23.7. The maximum absolute atomic E-state index is 14.2. The Hall–Kier alpha value is -3.47. The molecule has 0 aromatic heterocycles. The lowest BCUT2D eigenvalue weighted by Gasteiger charge is -2.25. The van der Waals surface area contributed by atoms with Gasteiger partial charge in [0.05, 0.1) is 0 Å². The van der Waals surface area contributed by atoms with Crippen LogP contribution in [0.4, 0.5) is 17.6 Å². The predicted molar refractivity (Wildman–Crippen MR) is 106 cm³/mol. The van der Waals surface area contributed by atoms with Crippen LogP contribution >= 0.6 is 0 Å². The fraction of sp³-hybridized carbons (Fsp3) is 0.143. The van der Waals surface area contributed by atoms with Crippen LogP contribution in [0, 0.1) is 6.92 Å². The topological polar surface area (TPSA) is 93.1 Å².